The van der Waals surface area contributed by atoms with Crippen LogP contribution in [0.1, 0.15) is 39.2 Å². The summed E-state index contributed by atoms with van der Waals surface area (Å²) in [5, 5.41) is 9.48. The largest absolute Gasteiger partial charge is 0.490 e. The summed E-state index contributed by atoms with van der Waals surface area (Å²) in [4.78, 5) is 0. The molecule has 1 aliphatic rings. The van der Waals surface area contributed by atoms with Crippen molar-refractivity contribution in [1.29, 1.82) is 0 Å². The van der Waals surface area contributed by atoms with Gasteiger partial charge >= 0.3 is 0 Å². The summed E-state index contributed by atoms with van der Waals surface area (Å²) in [5.74, 6) is 0.593. The summed E-state index contributed by atoms with van der Waals surface area (Å²) >= 11 is 0. The number of fused-ring (bicyclic) bond motifs is 1. The summed E-state index contributed by atoms with van der Waals surface area (Å²) in [7, 11) is 0. The van der Waals surface area contributed by atoms with Crippen molar-refractivity contribution in [3.05, 3.63) is 29.6 Å². The first kappa shape index (κ1) is 13.3. The third-order valence-electron chi connectivity index (χ3n) is 3.39. The quantitative estimate of drug-likeness (QED) is 0.890. The molecule has 0 aromatic heterocycles. The van der Waals surface area contributed by atoms with E-state index in [4.69, 9.17) is 4.74 Å². The summed E-state index contributed by atoms with van der Waals surface area (Å²) in [5.41, 5.74) is 0.979. The maximum atomic E-state index is 13.1. The van der Waals surface area contributed by atoms with Crippen molar-refractivity contribution in [2.24, 2.45) is 5.41 Å². The Morgan fingerprint density at radius 2 is 2.22 bits per heavy atom. The van der Waals surface area contributed by atoms with E-state index in [9.17, 15) is 9.50 Å². The molecule has 0 spiro atoms. The van der Waals surface area contributed by atoms with Crippen molar-refractivity contribution in [1.82, 2.24) is 0 Å². The fraction of sp³-hybridized carbons (Fsp3) is 0.600. The summed E-state index contributed by atoms with van der Waals surface area (Å²) in [6.07, 6.45) is 2.17. The zero-order valence-electron chi connectivity index (χ0n) is 11.2. The number of benzene rings is 1. The van der Waals surface area contributed by atoms with E-state index in [0.717, 1.165) is 30.6 Å². The second-order valence-electron chi connectivity index (χ2n) is 6.12. The van der Waals surface area contributed by atoms with E-state index in [1.54, 1.807) is 19.1 Å². The summed E-state index contributed by atoms with van der Waals surface area (Å²) in [6.45, 7) is 6.07. The predicted molar refractivity (Wildman–Crippen MR) is 69.2 cm³/mol. The van der Waals surface area contributed by atoms with Crippen molar-refractivity contribution in [3.8, 4) is 5.75 Å². The third-order valence-corrected chi connectivity index (χ3v) is 3.39. The van der Waals surface area contributed by atoms with Crippen LogP contribution in [0.4, 0.5) is 4.39 Å². The second kappa shape index (κ2) is 4.88. The van der Waals surface area contributed by atoms with Crippen LogP contribution in [-0.4, -0.2) is 17.3 Å². The van der Waals surface area contributed by atoms with Crippen molar-refractivity contribution >= 4 is 0 Å². The average molecular weight is 252 g/mol. The minimum atomic E-state index is -0.304. The first-order valence-corrected chi connectivity index (χ1v) is 6.49. The first-order chi connectivity index (χ1) is 8.35. The Kier molecular flexibility index (Phi) is 3.62. The van der Waals surface area contributed by atoms with Crippen LogP contribution in [-0.2, 0) is 6.42 Å². The Bertz CT molecular complexity index is 427. The molecule has 3 heteroatoms. The van der Waals surface area contributed by atoms with Gasteiger partial charge in [-0.1, -0.05) is 13.8 Å². The van der Waals surface area contributed by atoms with Crippen LogP contribution in [0.15, 0.2) is 18.2 Å². The van der Waals surface area contributed by atoms with Gasteiger partial charge in [-0.25, -0.2) is 4.39 Å². The van der Waals surface area contributed by atoms with Crippen molar-refractivity contribution in [2.45, 2.75) is 52.2 Å². The van der Waals surface area contributed by atoms with Crippen molar-refractivity contribution in [3.63, 3.8) is 0 Å². The number of halogens is 1. The standard InChI is InChI=1S/C15H21FO2/c1-10(17)8-15(2,3)9-13-7-11-6-12(16)4-5-14(11)18-13/h4-6,10,13,17H,7-9H2,1-3H3. The van der Waals surface area contributed by atoms with Gasteiger partial charge in [0.15, 0.2) is 0 Å². The Morgan fingerprint density at radius 3 is 2.89 bits per heavy atom. The molecule has 0 fully saturated rings. The highest BCUT2D eigenvalue weighted by Crippen LogP contribution is 2.36. The lowest BCUT2D eigenvalue weighted by molar-refractivity contribution is 0.0918. The van der Waals surface area contributed by atoms with Gasteiger partial charge in [0, 0.05) is 12.0 Å². The molecule has 2 nitrogen and oxygen atoms in total. The molecule has 1 N–H and O–H groups in total. The predicted octanol–water partition coefficient (Wildman–Crippen LogP) is 3.32. The molecule has 18 heavy (non-hydrogen) atoms. The SMILES string of the molecule is CC(O)CC(C)(C)CC1Cc2cc(F)ccc2O1. The molecule has 1 aromatic carbocycles. The molecule has 1 aliphatic heterocycles. The van der Waals surface area contributed by atoms with Gasteiger partial charge in [0.25, 0.3) is 0 Å². The molecular formula is C15H21FO2. The Balaban J connectivity index is 1.99. The third kappa shape index (κ3) is 3.22. The van der Waals surface area contributed by atoms with Crippen LogP contribution >= 0.6 is 0 Å². The van der Waals surface area contributed by atoms with E-state index in [0.29, 0.717) is 0 Å². The van der Waals surface area contributed by atoms with Crippen LogP contribution in [0, 0.1) is 11.2 Å². The lowest BCUT2D eigenvalue weighted by Gasteiger charge is -2.28. The molecule has 0 saturated carbocycles. The highest BCUT2D eigenvalue weighted by molar-refractivity contribution is 5.37. The number of aliphatic hydroxyl groups is 1. The minimum Gasteiger partial charge on any atom is -0.490 e. The van der Waals surface area contributed by atoms with Gasteiger partial charge in [-0.05, 0) is 43.4 Å². The number of rotatable bonds is 4. The molecule has 0 radical (unpaired) electrons. The first-order valence-electron chi connectivity index (χ1n) is 6.49. The smallest absolute Gasteiger partial charge is 0.123 e. The van der Waals surface area contributed by atoms with Crippen molar-refractivity contribution < 1.29 is 14.2 Å². The fourth-order valence-electron chi connectivity index (χ4n) is 2.90. The molecule has 0 bridgehead atoms. The molecule has 2 unspecified atom stereocenters. The van der Waals surface area contributed by atoms with Gasteiger partial charge in [0.05, 0.1) is 6.10 Å². The lowest BCUT2D eigenvalue weighted by Crippen LogP contribution is -2.26. The van der Waals surface area contributed by atoms with Gasteiger partial charge in [-0.15, -0.1) is 0 Å². The fourth-order valence-corrected chi connectivity index (χ4v) is 2.90. The monoisotopic (exact) mass is 252 g/mol. The van der Waals surface area contributed by atoms with Gasteiger partial charge in [-0.2, -0.15) is 0 Å². The maximum absolute atomic E-state index is 13.1. The Labute approximate surface area is 108 Å². The van der Waals surface area contributed by atoms with Crippen LogP contribution < -0.4 is 4.74 Å². The molecule has 2 atom stereocenters. The van der Waals surface area contributed by atoms with Crippen LogP contribution in [0.25, 0.3) is 0 Å². The zero-order chi connectivity index (χ0) is 13.3. The van der Waals surface area contributed by atoms with E-state index in [1.165, 1.54) is 6.07 Å². The van der Waals surface area contributed by atoms with Crippen molar-refractivity contribution in [2.75, 3.05) is 0 Å². The lowest BCUT2D eigenvalue weighted by atomic mass is 9.81. The molecule has 0 saturated heterocycles. The topological polar surface area (TPSA) is 29.5 Å². The number of hydrogen-bond acceptors (Lipinski definition) is 2. The highest BCUT2D eigenvalue weighted by Gasteiger charge is 2.30. The van der Waals surface area contributed by atoms with Gasteiger partial charge in [0.2, 0.25) is 0 Å². The number of aliphatic hydroxyl groups excluding tert-OH is 1. The van der Waals surface area contributed by atoms with E-state index in [-0.39, 0.29) is 23.4 Å². The minimum absolute atomic E-state index is 0.0272. The zero-order valence-corrected chi connectivity index (χ0v) is 11.2. The van der Waals surface area contributed by atoms with E-state index >= 15 is 0 Å². The van der Waals surface area contributed by atoms with Gasteiger partial charge < -0.3 is 9.84 Å². The molecule has 0 aliphatic carbocycles. The molecule has 0 amide bonds. The number of hydrogen-bond donors (Lipinski definition) is 1. The summed E-state index contributed by atoms with van der Waals surface area (Å²) < 4.78 is 18.9. The van der Waals surface area contributed by atoms with E-state index < -0.39 is 0 Å². The second-order valence-corrected chi connectivity index (χ2v) is 6.12. The average Bonchev–Trinajstić information content (AvgIpc) is 2.55. The molecule has 100 valence electrons. The van der Waals surface area contributed by atoms with Crippen LogP contribution in [0.5, 0.6) is 5.75 Å². The van der Waals surface area contributed by atoms with Crippen LogP contribution in [0.3, 0.4) is 0 Å². The van der Waals surface area contributed by atoms with Crippen LogP contribution in [0.2, 0.25) is 0 Å². The molecular weight excluding hydrogens is 231 g/mol. The normalized spacial score (nSPS) is 20.4. The molecule has 2 rings (SSSR count). The molecule has 1 heterocycles. The number of ether oxygens (including phenoxy) is 1. The van der Waals surface area contributed by atoms with Gasteiger partial charge in [-0.3, -0.25) is 0 Å². The summed E-state index contributed by atoms with van der Waals surface area (Å²) in [6, 6.07) is 4.69. The Morgan fingerprint density at radius 1 is 1.50 bits per heavy atom. The Hall–Kier alpha value is -1.09. The van der Waals surface area contributed by atoms with E-state index in [2.05, 4.69) is 13.8 Å². The molecule has 1 aromatic rings. The van der Waals surface area contributed by atoms with E-state index in [1.807, 2.05) is 0 Å². The van der Waals surface area contributed by atoms with Gasteiger partial charge in [0.1, 0.15) is 17.7 Å². The highest BCUT2D eigenvalue weighted by atomic mass is 19.1. The maximum Gasteiger partial charge on any atom is 0.123 e.